The summed E-state index contributed by atoms with van der Waals surface area (Å²) in [7, 11) is 0. The third-order valence-electron chi connectivity index (χ3n) is 3.75. The van der Waals surface area contributed by atoms with Gasteiger partial charge in [0.1, 0.15) is 5.82 Å². The van der Waals surface area contributed by atoms with Crippen molar-refractivity contribution in [3.8, 4) is 0 Å². The van der Waals surface area contributed by atoms with E-state index >= 15 is 0 Å². The number of carbonyl (C=O) groups is 2. The molecule has 26 heavy (non-hydrogen) atoms. The van der Waals surface area contributed by atoms with Crippen molar-refractivity contribution in [1.29, 1.82) is 0 Å². The molecule has 0 spiro atoms. The van der Waals surface area contributed by atoms with Gasteiger partial charge in [-0.2, -0.15) is 4.98 Å². The zero-order valence-corrected chi connectivity index (χ0v) is 15.3. The zero-order chi connectivity index (χ0) is 19.2. The lowest BCUT2D eigenvalue weighted by molar-refractivity contribution is -0.121. The highest BCUT2D eigenvalue weighted by molar-refractivity contribution is 5.96. The van der Waals surface area contributed by atoms with E-state index in [1.807, 2.05) is 20.8 Å². The van der Waals surface area contributed by atoms with E-state index in [4.69, 9.17) is 4.52 Å². The fraction of sp³-hybridized carbons (Fsp3) is 0.474. The molecular weight excluding hydrogens is 337 g/mol. The molecule has 0 saturated carbocycles. The SMILES string of the molecule is CC(C)(C)c1nc(CCNC(=O)CCCC(=O)c2ccc(F)cc2)no1. The molecule has 0 fully saturated rings. The van der Waals surface area contributed by atoms with E-state index in [1.165, 1.54) is 24.3 Å². The summed E-state index contributed by atoms with van der Waals surface area (Å²) in [5.74, 6) is 0.521. The summed E-state index contributed by atoms with van der Waals surface area (Å²) in [4.78, 5) is 28.1. The largest absolute Gasteiger partial charge is 0.356 e. The highest BCUT2D eigenvalue weighted by Crippen LogP contribution is 2.19. The summed E-state index contributed by atoms with van der Waals surface area (Å²) in [6.07, 6.45) is 1.43. The van der Waals surface area contributed by atoms with Crippen LogP contribution in [0.3, 0.4) is 0 Å². The lowest BCUT2D eigenvalue weighted by atomic mass is 9.97. The Balaban J connectivity index is 1.65. The fourth-order valence-electron chi connectivity index (χ4n) is 2.25. The van der Waals surface area contributed by atoms with Crippen LogP contribution in [-0.4, -0.2) is 28.4 Å². The third kappa shape index (κ3) is 6.06. The Morgan fingerprint density at radius 1 is 1.15 bits per heavy atom. The number of hydrogen-bond donors (Lipinski definition) is 1. The first-order valence-electron chi connectivity index (χ1n) is 8.64. The lowest BCUT2D eigenvalue weighted by Gasteiger charge is -2.10. The molecule has 7 heteroatoms. The number of ketones is 1. The molecule has 0 unspecified atom stereocenters. The second-order valence-electron chi connectivity index (χ2n) is 7.15. The van der Waals surface area contributed by atoms with Crippen LogP contribution in [0, 0.1) is 5.82 Å². The molecular formula is C19H24FN3O3. The van der Waals surface area contributed by atoms with Crippen LogP contribution >= 0.6 is 0 Å². The van der Waals surface area contributed by atoms with Gasteiger partial charge < -0.3 is 9.84 Å². The van der Waals surface area contributed by atoms with Crippen LogP contribution in [0.5, 0.6) is 0 Å². The minimum Gasteiger partial charge on any atom is -0.356 e. The minimum atomic E-state index is -0.378. The predicted molar refractivity (Wildman–Crippen MR) is 94.3 cm³/mol. The first-order valence-corrected chi connectivity index (χ1v) is 8.64. The van der Waals surface area contributed by atoms with Gasteiger partial charge in [-0.05, 0) is 30.7 Å². The molecule has 1 aromatic heterocycles. The summed E-state index contributed by atoms with van der Waals surface area (Å²) in [6, 6.07) is 5.41. The van der Waals surface area contributed by atoms with Crippen molar-refractivity contribution in [1.82, 2.24) is 15.5 Å². The summed E-state index contributed by atoms with van der Waals surface area (Å²) in [5, 5.41) is 6.67. The Kier molecular flexibility index (Phi) is 6.60. The maximum absolute atomic E-state index is 12.8. The molecule has 2 rings (SSSR count). The molecule has 140 valence electrons. The normalized spacial score (nSPS) is 11.4. The van der Waals surface area contributed by atoms with Gasteiger partial charge in [0.25, 0.3) is 0 Å². The number of aromatic nitrogens is 2. The number of nitrogens with one attached hydrogen (secondary N) is 1. The average molecular weight is 361 g/mol. The molecule has 0 aliphatic carbocycles. The fourth-order valence-corrected chi connectivity index (χ4v) is 2.25. The van der Waals surface area contributed by atoms with Crippen LogP contribution in [0.2, 0.25) is 0 Å². The van der Waals surface area contributed by atoms with Crippen LogP contribution in [0.15, 0.2) is 28.8 Å². The Labute approximate surface area is 152 Å². The number of Topliss-reactive ketones (excluding diaryl/α,β-unsaturated/α-hetero) is 1. The number of rotatable bonds is 8. The van der Waals surface area contributed by atoms with Crippen molar-refractivity contribution in [2.24, 2.45) is 0 Å². The molecule has 1 heterocycles. The summed E-state index contributed by atoms with van der Waals surface area (Å²) < 4.78 is 18.0. The van der Waals surface area contributed by atoms with Crippen LogP contribution in [0.1, 0.15) is 62.1 Å². The highest BCUT2D eigenvalue weighted by atomic mass is 19.1. The van der Waals surface area contributed by atoms with Crippen LogP contribution in [0.4, 0.5) is 4.39 Å². The van der Waals surface area contributed by atoms with E-state index in [-0.39, 0.29) is 35.8 Å². The van der Waals surface area contributed by atoms with E-state index in [0.717, 1.165) is 0 Å². The maximum Gasteiger partial charge on any atom is 0.232 e. The van der Waals surface area contributed by atoms with Gasteiger partial charge in [-0.3, -0.25) is 9.59 Å². The number of halogens is 1. The van der Waals surface area contributed by atoms with Gasteiger partial charge in [0, 0.05) is 36.8 Å². The quantitative estimate of drug-likeness (QED) is 0.730. The van der Waals surface area contributed by atoms with Crippen LogP contribution < -0.4 is 5.32 Å². The number of carbonyl (C=O) groups excluding carboxylic acids is 2. The van der Waals surface area contributed by atoms with Crippen LogP contribution in [-0.2, 0) is 16.6 Å². The van der Waals surface area contributed by atoms with Gasteiger partial charge in [0.15, 0.2) is 11.6 Å². The van der Waals surface area contributed by atoms with Crippen molar-refractivity contribution in [3.05, 3.63) is 47.4 Å². The second kappa shape index (κ2) is 8.69. The average Bonchev–Trinajstić information content (AvgIpc) is 3.04. The first-order chi connectivity index (χ1) is 12.3. The smallest absolute Gasteiger partial charge is 0.232 e. The Hall–Kier alpha value is -2.57. The monoisotopic (exact) mass is 361 g/mol. The zero-order valence-electron chi connectivity index (χ0n) is 15.3. The lowest BCUT2D eigenvalue weighted by Crippen LogP contribution is -2.25. The van der Waals surface area contributed by atoms with Gasteiger partial charge in [-0.25, -0.2) is 4.39 Å². The van der Waals surface area contributed by atoms with Gasteiger partial charge >= 0.3 is 0 Å². The molecule has 0 radical (unpaired) electrons. The molecule has 0 saturated heterocycles. The molecule has 1 aromatic carbocycles. The standard InChI is InChI=1S/C19H24FN3O3/c1-19(2,3)18-22-16(23-26-18)11-12-21-17(25)6-4-5-15(24)13-7-9-14(20)10-8-13/h7-10H,4-6,11-12H2,1-3H3,(H,21,25). The molecule has 1 amide bonds. The third-order valence-corrected chi connectivity index (χ3v) is 3.75. The van der Waals surface area contributed by atoms with Crippen LogP contribution in [0.25, 0.3) is 0 Å². The predicted octanol–water partition coefficient (Wildman–Crippen LogP) is 3.22. The summed E-state index contributed by atoms with van der Waals surface area (Å²) in [5.41, 5.74) is 0.254. The Morgan fingerprint density at radius 2 is 1.85 bits per heavy atom. The number of hydrogen-bond acceptors (Lipinski definition) is 5. The summed E-state index contributed by atoms with van der Waals surface area (Å²) >= 11 is 0. The molecule has 0 aliphatic heterocycles. The number of nitrogens with zero attached hydrogens (tertiary/aromatic N) is 2. The van der Waals surface area contributed by atoms with Gasteiger partial charge in [0.2, 0.25) is 11.8 Å². The van der Waals surface area contributed by atoms with E-state index in [9.17, 15) is 14.0 Å². The molecule has 0 aliphatic rings. The minimum absolute atomic E-state index is 0.0979. The van der Waals surface area contributed by atoms with Gasteiger partial charge in [0.05, 0.1) is 0 Å². The van der Waals surface area contributed by atoms with Crippen molar-refractivity contribution in [3.63, 3.8) is 0 Å². The maximum atomic E-state index is 12.8. The van der Waals surface area contributed by atoms with E-state index in [1.54, 1.807) is 0 Å². The summed E-state index contributed by atoms with van der Waals surface area (Å²) in [6.45, 7) is 6.37. The first kappa shape index (κ1) is 19.8. The van der Waals surface area contributed by atoms with Crippen molar-refractivity contribution < 1.29 is 18.5 Å². The second-order valence-corrected chi connectivity index (χ2v) is 7.15. The molecule has 2 aromatic rings. The topological polar surface area (TPSA) is 85.1 Å². The van der Waals surface area contributed by atoms with E-state index < -0.39 is 0 Å². The van der Waals surface area contributed by atoms with Crippen molar-refractivity contribution >= 4 is 11.7 Å². The number of amides is 1. The van der Waals surface area contributed by atoms with Crippen molar-refractivity contribution in [2.75, 3.05) is 6.54 Å². The van der Waals surface area contributed by atoms with E-state index in [0.29, 0.717) is 36.7 Å². The van der Waals surface area contributed by atoms with Gasteiger partial charge in [-0.1, -0.05) is 25.9 Å². The van der Waals surface area contributed by atoms with Gasteiger partial charge in [-0.15, -0.1) is 0 Å². The Bertz CT molecular complexity index is 748. The molecule has 0 atom stereocenters. The molecule has 0 bridgehead atoms. The molecule has 6 nitrogen and oxygen atoms in total. The number of benzene rings is 1. The Morgan fingerprint density at radius 3 is 2.46 bits per heavy atom. The highest BCUT2D eigenvalue weighted by Gasteiger charge is 2.21. The van der Waals surface area contributed by atoms with E-state index in [2.05, 4.69) is 15.5 Å². The van der Waals surface area contributed by atoms with Crippen molar-refractivity contribution in [2.45, 2.75) is 51.9 Å². The molecule has 1 N–H and O–H groups in total.